The van der Waals surface area contributed by atoms with Crippen molar-refractivity contribution in [3.8, 4) is 0 Å². The molecule has 0 heterocycles. The lowest BCUT2D eigenvalue weighted by Crippen LogP contribution is -2.16. The molecule has 2 N–H and O–H groups in total. The fourth-order valence-electron chi connectivity index (χ4n) is 2.07. The van der Waals surface area contributed by atoms with Crippen molar-refractivity contribution in [2.24, 2.45) is 0 Å². The largest absolute Gasteiger partial charge is 0.478 e. The zero-order valence-electron chi connectivity index (χ0n) is 14.3. The number of carboxylic acid groups (broad SMARTS) is 1. The highest BCUT2D eigenvalue weighted by molar-refractivity contribution is 6.05. The Bertz CT molecular complexity index is 638. The summed E-state index contributed by atoms with van der Waals surface area (Å²) >= 11 is 0. The molecule has 0 saturated carbocycles. The van der Waals surface area contributed by atoms with Gasteiger partial charge in [-0.2, -0.15) is 0 Å². The highest BCUT2D eigenvalue weighted by atomic mass is 16.6. The van der Waals surface area contributed by atoms with E-state index < -0.39 is 17.9 Å². The van der Waals surface area contributed by atoms with Gasteiger partial charge in [-0.15, -0.1) is 0 Å². The zero-order valence-corrected chi connectivity index (χ0v) is 14.3. The topological polar surface area (TPSA) is 127 Å². The molecule has 0 spiro atoms. The normalized spacial score (nSPS) is 10.2. The van der Waals surface area contributed by atoms with Crippen LogP contribution < -0.4 is 0 Å². The van der Waals surface area contributed by atoms with Gasteiger partial charge in [0.2, 0.25) is 0 Å². The van der Waals surface area contributed by atoms with E-state index in [2.05, 4.69) is 4.74 Å². The monoisotopic (exact) mass is 366 g/mol. The number of aromatic carboxylic acids is 1. The first-order valence-electron chi connectivity index (χ1n) is 8.29. The number of rotatable bonds is 11. The van der Waals surface area contributed by atoms with Crippen LogP contribution in [0.5, 0.6) is 0 Å². The summed E-state index contributed by atoms with van der Waals surface area (Å²) in [6.45, 7) is 0.300. The maximum Gasteiger partial charge on any atom is 0.346 e. The second-order valence-corrected chi connectivity index (χ2v) is 5.47. The SMILES string of the molecule is O=C(CCCCC(=O)OC(=O)c1ccccc1C(=O)O)OCCCCO. The standard InChI is InChI=1S/C18H22O8/c19-11-5-6-12-25-15(20)9-3-4-10-16(21)26-18(24)14-8-2-1-7-13(14)17(22)23/h1-2,7-8,19H,3-6,9-12H2,(H,22,23). The summed E-state index contributed by atoms with van der Waals surface area (Å²) in [6.07, 6.45) is 1.96. The van der Waals surface area contributed by atoms with Crippen LogP contribution in [-0.4, -0.2) is 47.3 Å². The molecule has 0 radical (unpaired) electrons. The van der Waals surface area contributed by atoms with Gasteiger partial charge in [0.1, 0.15) is 0 Å². The Kier molecular flexibility index (Phi) is 9.63. The first-order chi connectivity index (χ1) is 12.5. The van der Waals surface area contributed by atoms with Gasteiger partial charge in [-0.25, -0.2) is 9.59 Å². The molecule has 1 aromatic carbocycles. The second kappa shape index (κ2) is 11.8. The number of carboxylic acids is 1. The predicted molar refractivity (Wildman–Crippen MR) is 89.6 cm³/mol. The third-order valence-electron chi connectivity index (χ3n) is 3.41. The number of unbranched alkanes of at least 4 members (excludes halogenated alkanes) is 2. The van der Waals surface area contributed by atoms with Crippen molar-refractivity contribution in [3.05, 3.63) is 35.4 Å². The van der Waals surface area contributed by atoms with Crippen LogP contribution in [0.3, 0.4) is 0 Å². The van der Waals surface area contributed by atoms with Crippen LogP contribution in [0.4, 0.5) is 0 Å². The molecule has 0 fully saturated rings. The molecule has 0 bridgehead atoms. The summed E-state index contributed by atoms with van der Waals surface area (Å²) in [5.74, 6) is -3.48. The summed E-state index contributed by atoms with van der Waals surface area (Å²) in [7, 11) is 0. The lowest BCUT2D eigenvalue weighted by Gasteiger charge is -2.06. The Hall–Kier alpha value is -2.74. The number of aliphatic hydroxyl groups is 1. The van der Waals surface area contributed by atoms with Crippen LogP contribution in [-0.2, 0) is 19.1 Å². The molecule has 0 aliphatic rings. The van der Waals surface area contributed by atoms with Gasteiger partial charge in [-0.3, -0.25) is 9.59 Å². The lowest BCUT2D eigenvalue weighted by atomic mass is 10.1. The summed E-state index contributed by atoms with van der Waals surface area (Å²) < 4.78 is 9.58. The average Bonchev–Trinajstić information content (AvgIpc) is 2.62. The molecular formula is C18H22O8. The molecule has 26 heavy (non-hydrogen) atoms. The van der Waals surface area contributed by atoms with Crippen LogP contribution in [0.15, 0.2) is 24.3 Å². The van der Waals surface area contributed by atoms with E-state index in [0.717, 1.165) is 0 Å². The van der Waals surface area contributed by atoms with Crippen LogP contribution in [0, 0.1) is 0 Å². The van der Waals surface area contributed by atoms with Gasteiger partial charge in [0, 0.05) is 19.4 Å². The number of esters is 3. The fraction of sp³-hybridized carbons (Fsp3) is 0.444. The number of carbonyl (C=O) groups excluding carboxylic acids is 3. The number of hydrogen-bond acceptors (Lipinski definition) is 7. The Labute approximate surface area is 150 Å². The molecular weight excluding hydrogens is 344 g/mol. The van der Waals surface area contributed by atoms with E-state index in [1.165, 1.54) is 24.3 Å². The molecule has 0 amide bonds. The smallest absolute Gasteiger partial charge is 0.346 e. The zero-order chi connectivity index (χ0) is 19.4. The Balaban J connectivity index is 2.29. The molecule has 142 valence electrons. The fourth-order valence-corrected chi connectivity index (χ4v) is 2.07. The number of benzene rings is 1. The van der Waals surface area contributed by atoms with Gasteiger partial charge in [-0.05, 0) is 37.8 Å². The molecule has 0 aliphatic carbocycles. The summed E-state index contributed by atoms with van der Waals surface area (Å²) in [4.78, 5) is 46.0. The van der Waals surface area contributed by atoms with Gasteiger partial charge in [0.25, 0.3) is 0 Å². The van der Waals surface area contributed by atoms with Crippen LogP contribution in [0.2, 0.25) is 0 Å². The quantitative estimate of drug-likeness (QED) is 0.345. The molecule has 0 saturated heterocycles. The van der Waals surface area contributed by atoms with E-state index >= 15 is 0 Å². The van der Waals surface area contributed by atoms with Crippen molar-refractivity contribution in [1.29, 1.82) is 0 Å². The summed E-state index contributed by atoms with van der Waals surface area (Å²) in [6, 6.07) is 5.45. The first kappa shape index (κ1) is 21.3. The molecule has 1 aromatic rings. The van der Waals surface area contributed by atoms with E-state index in [1.54, 1.807) is 0 Å². The average molecular weight is 366 g/mol. The molecule has 8 heteroatoms. The maximum absolute atomic E-state index is 11.9. The van der Waals surface area contributed by atoms with E-state index in [9.17, 15) is 19.2 Å². The van der Waals surface area contributed by atoms with Gasteiger partial charge in [-0.1, -0.05) is 12.1 Å². The van der Waals surface area contributed by atoms with Crippen molar-refractivity contribution >= 4 is 23.9 Å². The minimum Gasteiger partial charge on any atom is -0.478 e. The summed E-state index contributed by atoms with van der Waals surface area (Å²) in [5, 5.41) is 17.6. The lowest BCUT2D eigenvalue weighted by molar-refractivity contribution is -0.144. The van der Waals surface area contributed by atoms with Crippen LogP contribution >= 0.6 is 0 Å². The van der Waals surface area contributed by atoms with Gasteiger partial charge in [0.15, 0.2) is 0 Å². The third-order valence-corrected chi connectivity index (χ3v) is 3.41. The van der Waals surface area contributed by atoms with Crippen molar-refractivity contribution in [2.45, 2.75) is 38.5 Å². The summed E-state index contributed by atoms with van der Waals surface area (Å²) in [5.41, 5.74) is -0.436. The van der Waals surface area contributed by atoms with E-state index in [1.807, 2.05) is 0 Å². The molecule has 0 unspecified atom stereocenters. The van der Waals surface area contributed by atoms with Crippen molar-refractivity contribution in [3.63, 3.8) is 0 Å². The molecule has 0 aromatic heterocycles. The highest BCUT2D eigenvalue weighted by Crippen LogP contribution is 2.12. The van der Waals surface area contributed by atoms with Gasteiger partial charge in [0.05, 0.1) is 17.7 Å². The molecule has 0 aliphatic heterocycles. The van der Waals surface area contributed by atoms with E-state index in [0.29, 0.717) is 25.7 Å². The highest BCUT2D eigenvalue weighted by Gasteiger charge is 2.19. The molecule has 0 atom stereocenters. The minimum atomic E-state index is -1.29. The van der Waals surface area contributed by atoms with Crippen molar-refractivity contribution in [2.75, 3.05) is 13.2 Å². The number of ether oxygens (including phenoxy) is 2. The van der Waals surface area contributed by atoms with Crippen LogP contribution in [0.1, 0.15) is 59.2 Å². The minimum absolute atomic E-state index is 0.0509. The molecule has 1 rings (SSSR count). The Morgan fingerprint density at radius 1 is 0.846 bits per heavy atom. The van der Waals surface area contributed by atoms with Gasteiger partial charge >= 0.3 is 23.9 Å². The Morgan fingerprint density at radius 3 is 2.08 bits per heavy atom. The second-order valence-electron chi connectivity index (χ2n) is 5.47. The molecule has 8 nitrogen and oxygen atoms in total. The maximum atomic E-state index is 11.9. The Morgan fingerprint density at radius 2 is 1.46 bits per heavy atom. The first-order valence-corrected chi connectivity index (χ1v) is 8.29. The van der Waals surface area contributed by atoms with Crippen molar-refractivity contribution < 1.29 is 38.9 Å². The third kappa shape index (κ3) is 7.89. The van der Waals surface area contributed by atoms with Gasteiger partial charge < -0.3 is 19.7 Å². The number of carbonyl (C=O) groups is 4. The van der Waals surface area contributed by atoms with Crippen LogP contribution in [0.25, 0.3) is 0 Å². The number of hydrogen-bond donors (Lipinski definition) is 2. The number of aliphatic hydroxyl groups excluding tert-OH is 1. The van der Waals surface area contributed by atoms with E-state index in [-0.39, 0.29) is 43.2 Å². The van der Waals surface area contributed by atoms with Crippen molar-refractivity contribution in [1.82, 2.24) is 0 Å². The predicted octanol–water partition coefficient (Wildman–Crippen LogP) is 1.94. The van der Waals surface area contributed by atoms with E-state index in [4.69, 9.17) is 14.9 Å².